The molecule has 1 saturated heterocycles. The summed E-state index contributed by atoms with van der Waals surface area (Å²) in [5.41, 5.74) is 0. The highest BCUT2D eigenvalue weighted by Crippen LogP contribution is 2.26. The van der Waals surface area contributed by atoms with Crippen LogP contribution in [-0.2, 0) is 0 Å². The van der Waals surface area contributed by atoms with Crippen molar-refractivity contribution >= 4 is 33.2 Å². The van der Waals surface area contributed by atoms with Gasteiger partial charge in [0, 0.05) is 29.4 Å². The molecule has 0 saturated carbocycles. The van der Waals surface area contributed by atoms with Gasteiger partial charge in [0.1, 0.15) is 5.75 Å². The van der Waals surface area contributed by atoms with Crippen molar-refractivity contribution in [2.45, 2.75) is 18.9 Å². The fraction of sp³-hybridized carbons (Fsp3) is 0.545. The number of thiophene rings is 1. The van der Waals surface area contributed by atoms with E-state index >= 15 is 0 Å². The Balaban J connectivity index is 2.12. The minimum Gasteiger partial charge on any atom is -0.496 e. The fourth-order valence-electron chi connectivity index (χ4n) is 1.94. The molecule has 0 spiro atoms. The summed E-state index contributed by atoms with van der Waals surface area (Å²) < 4.78 is 5.09. The minimum atomic E-state index is 0.134. The predicted octanol–water partition coefficient (Wildman–Crippen LogP) is 2.76. The third-order valence-electron chi connectivity index (χ3n) is 2.84. The molecule has 2 heterocycles. The van der Waals surface area contributed by atoms with Crippen LogP contribution in [0.2, 0.25) is 0 Å². The number of hydrogen-bond acceptors (Lipinski definition) is 3. The van der Waals surface area contributed by atoms with E-state index in [4.69, 9.17) is 4.74 Å². The Bertz CT molecular complexity index is 380. The number of likely N-dealkylation sites (tertiary alicyclic amines) is 1. The molecule has 1 aromatic heterocycles. The summed E-state index contributed by atoms with van der Waals surface area (Å²) in [6, 6.07) is 2.16. The monoisotopic (exact) mass is 303 g/mol. The molecule has 0 N–H and O–H groups in total. The maximum absolute atomic E-state index is 12.2. The normalized spacial score (nSPS) is 20.1. The van der Waals surface area contributed by atoms with Crippen molar-refractivity contribution in [3.63, 3.8) is 0 Å². The van der Waals surface area contributed by atoms with Crippen LogP contribution in [0, 0.1) is 0 Å². The fourth-order valence-corrected chi connectivity index (χ4v) is 3.43. The van der Waals surface area contributed by atoms with Crippen molar-refractivity contribution in [2.24, 2.45) is 0 Å². The average Bonchev–Trinajstić information content (AvgIpc) is 2.96. The van der Waals surface area contributed by atoms with Crippen molar-refractivity contribution < 1.29 is 9.53 Å². The molecule has 0 aromatic carbocycles. The molecule has 1 atom stereocenters. The topological polar surface area (TPSA) is 29.5 Å². The second kappa shape index (κ2) is 5.19. The van der Waals surface area contributed by atoms with E-state index in [1.165, 1.54) is 11.3 Å². The third kappa shape index (κ3) is 2.25. The number of nitrogens with zero attached hydrogens (tertiary/aromatic N) is 1. The zero-order chi connectivity index (χ0) is 11.5. The summed E-state index contributed by atoms with van der Waals surface area (Å²) in [6.07, 6.45) is 2.20. The van der Waals surface area contributed by atoms with Crippen LogP contribution < -0.4 is 4.74 Å². The van der Waals surface area contributed by atoms with Gasteiger partial charge < -0.3 is 9.64 Å². The number of rotatable bonds is 3. The first-order valence-corrected chi connectivity index (χ1v) is 7.26. The van der Waals surface area contributed by atoms with E-state index < -0.39 is 0 Å². The maximum atomic E-state index is 12.2. The lowest BCUT2D eigenvalue weighted by atomic mass is 10.2. The van der Waals surface area contributed by atoms with Crippen molar-refractivity contribution in [3.8, 4) is 5.75 Å². The number of alkyl halides is 1. The van der Waals surface area contributed by atoms with Crippen LogP contribution in [0.15, 0.2) is 11.4 Å². The number of halogens is 1. The van der Waals surface area contributed by atoms with Crippen molar-refractivity contribution in [3.05, 3.63) is 16.3 Å². The Kier molecular flexibility index (Phi) is 3.86. The molecule has 2 rings (SSSR count). The molecule has 1 aliphatic rings. The molecule has 0 radical (unpaired) electrons. The summed E-state index contributed by atoms with van der Waals surface area (Å²) in [6.45, 7) is 0.870. The smallest absolute Gasteiger partial charge is 0.264 e. The summed E-state index contributed by atoms with van der Waals surface area (Å²) in [4.78, 5) is 14.9. The molecule has 88 valence electrons. The Morgan fingerprint density at radius 1 is 1.75 bits per heavy atom. The molecule has 1 aromatic rings. The van der Waals surface area contributed by atoms with E-state index in [9.17, 15) is 4.79 Å². The van der Waals surface area contributed by atoms with Crippen LogP contribution in [0.3, 0.4) is 0 Å². The van der Waals surface area contributed by atoms with Crippen molar-refractivity contribution in [1.29, 1.82) is 0 Å². The number of amides is 1. The molecule has 1 amide bonds. The highest BCUT2D eigenvalue weighted by molar-refractivity contribution is 9.09. The van der Waals surface area contributed by atoms with Crippen LogP contribution in [0.5, 0.6) is 5.75 Å². The van der Waals surface area contributed by atoms with Gasteiger partial charge in [-0.3, -0.25) is 4.79 Å². The second-order valence-corrected chi connectivity index (χ2v) is 5.36. The van der Waals surface area contributed by atoms with Crippen LogP contribution in [-0.4, -0.2) is 35.8 Å². The van der Waals surface area contributed by atoms with Gasteiger partial charge in [-0.2, -0.15) is 0 Å². The van der Waals surface area contributed by atoms with E-state index in [-0.39, 0.29) is 5.91 Å². The van der Waals surface area contributed by atoms with Crippen LogP contribution in [0.1, 0.15) is 22.5 Å². The Labute approximate surface area is 108 Å². The molecule has 3 nitrogen and oxygen atoms in total. The van der Waals surface area contributed by atoms with Crippen LogP contribution >= 0.6 is 27.3 Å². The zero-order valence-electron chi connectivity index (χ0n) is 9.11. The van der Waals surface area contributed by atoms with Crippen molar-refractivity contribution in [2.75, 3.05) is 19.0 Å². The number of carbonyl (C=O) groups excluding carboxylic acids is 1. The molecular weight excluding hydrogens is 290 g/mol. The maximum Gasteiger partial charge on any atom is 0.264 e. The minimum absolute atomic E-state index is 0.134. The summed E-state index contributed by atoms with van der Waals surface area (Å²) in [5, 5.41) is 2.73. The molecule has 1 fully saturated rings. The first-order valence-electron chi connectivity index (χ1n) is 5.25. The van der Waals surface area contributed by atoms with Crippen molar-refractivity contribution in [1.82, 2.24) is 4.90 Å². The quantitative estimate of drug-likeness (QED) is 0.804. The number of carbonyl (C=O) groups is 1. The standard InChI is InChI=1S/C11H14BrNO2S/c1-15-9-5-10(16-7-9)11(14)13-4-2-3-8(13)6-12/h5,7-8H,2-4,6H2,1H3. The molecule has 1 unspecified atom stereocenters. The van der Waals surface area contributed by atoms with Gasteiger partial charge in [0.2, 0.25) is 0 Å². The van der Waals surface area contributed by atoms with Gasteiger partial charge in [0.05, 0.1) is 12.0 Å². The first kappa shape index (κ1) is 11.9. The lowest BCUT2D eigenvalue weighted by Gasteiger charge is -2.22. The molecule has 1 aliphatic heterocycles. The van der Waals surface area contributed by atoms with Gasteiger partial charge >= 0.3 is 0 Å². The molecule has 0 bridgehead atoms. The van der Waals surface area contributed by atoms with Gasteiger partial charge in [0.15, 0.2) is 0 Å². The average molecular weight is 304 g/mol. The van der Waals surface area contributed by atoms with Gasteiger partial charge in [-0.05, 0) is 12.8 Å². The number of hydrogen-bond donors (Lipinski definition) is 0. The van der Waals surface area contributed by atoms with Crippen LogP contribution in [0.4, 0.5) is 0 Å². The highest BCUT2D eigenvalue weighted by Gasteiger charge is 2.29. The molecule has 0 aliphatic carbocycles. The van der Waals surface area contributed by atoms with Crippen LogP contribution in [0.25, 0.3) is 0 Å². The summed E-state index contributed by atoms with van der Waals surface area (Å²) in [5.74, 6) is 0.901. The largest absolute Gasteiger partial charge is 0.496 e. The number of methoxy groups -OCH3 is 1. The summed E-state index contributed by atoms with van der Waals surface area (Å²) in [7, 11) is 1.62. The van der Waals surface area contributed by atoms with E-state index in [0.717, 1.165) is 35.3 Å². The van der Waals surface area contributed by atoms with E-state index in [1.807, 2.05) is 16.3 Å². The van der Waals surface area contributed by atoms with Gasteiger partial charge in [-0.15, -0.1) is 11.3 Å². The third-order valence-corrected chi connectivity index (χ3v) is 4.48. The zero-order valence-corrected chi connectivity index (χ0v) is 11.5. The van der Waals surface area contributed by atoms with Gasteiger partial charge in [-0.25, -0.2) is 0 Å². The summed E-state index contributed by atoms with van der Waals surface area (Å²) >= 11 is 4.91. The van der Waals surface area contributed by atoms with Gasteiger partial charge in [-0.1, -0.05) is 15.9 Å². The van der Waals surface area contributed by atoms with E-state index in [2.05, 4.69) is 15.9 Å². The molecule has 5 heteroatoms. The van der Waals surface area contributed by atoms with E-state index in [0.29, 0.717) is 6.04 Å². The second-order valence-electron chi connectivity index (χ2n) is 3.80. The Hall–Kier alpha value is -0.550. The highest BCUT2D eigenvalue weighted by atomic mass is 79.9. The lowest BCUT2D eigenvalue weighted by Crippen LogP contribution is -2.35. The number of ether oxygens (including phenoxy) is 1. The SMILES string of the molecule is COc1csc(C(=O)N2CCCC2CBr)c1. The Morgan fingerprint density at radius 3 is 3.19 bits per heavy atom. The molecular formula is C11H14BrNO2S. The molecule has 16 heavy (non-hydrogen) atoms. The van der Waals surface area contributed by atoms with E-state index in [1.54, 1.807) is 7.11 Å². The first-order chi connectivity index (χ1) is 7.76. The predicted molar refractivity (Wildman–Crippen MR) is 68.7 cm³/mol. The van der Waals surface area contributed by atoms with Gasteiger partial charge in [0.25, 0.3) is 5.91 Å². The lowest BCUT2D eigenvalue weighted by molar-refractivity contribution is 0.0755. The Morgan fingerprint density at radius 2 is 2.56 bits per heavy atom.